The Labute approximate surface area is 67.7 Å². The van der Waals surface area contributed by atoms with E-state index in [-0.39, 0.29) is 1.43 Å². The van der Waals surface area contributed by atoms with E-state index in [9.17, 15) is 0 Å². The van der Waals surface area contributed by atoms with Gasteiger partial charge in [-0.2, -0.15) is 0 Å². The Hall–Kier alpha value is -0.560. The van der Waals surface area contributed by atoms with Crippen LogP contribution in [0.2, 0.25) is 0 Å². The van der Waals surface area contributed by atoms with E-state index in [4.69, 9.17) is 0 Å². The molecule has 0 nitrogen and oxygen atoms in total. The predicted octanol–water partition coefficient (Wildman–Crippen LogP) is 3.59. The number of thiophene rings is 1. The van der Waals surface area contributed by atoms with Gasteiger partial charge in [-0.05, 0) is 29.9 Å². The third kappa shape index (κ3) is 1.48. The van der Waals surface area contributed by atoms with E-state index in [2.05, 4.69) is 31.9 Å². The van der Waals surface area contributed by atoms with E-state index >= 15 is 0 Å². The van der Waals surface area contributed by atoms with E-state index < -0.39 is 0 Å². The second-order valence-electron chi connectivity index (χ2n) is 2.52. The van der Waals surface area contributed by atoms with Crippen LogP contribution in [0.3, 0.4) is 0 Å². The van der Waals surface area contributed by atoms with Crippen LogP contribution >= 0.6 is 11.3 Å². The minimum atomic E-state index is 0. The van der Waals surface area contributed by atoms with E-state index in [1.54, 1.807) is 11.3 Å². The highest BCUT2D eigenvalue weighted by molar-refractivity contribution is 7.10. The van der Waals surface area contributed by atoms with Gasteiger partial charge in [0.05, 0.1) is 0 Å². The smallest absolute Gasteiger partial charge is 0.00172 e. The van der Waals surface area contributed by atoms with Crippen molar-refractivity contribution >= 4 is 11.3 Å². The summed E-state index contributed by atoms with van der Waals surface area (Å²) in [7, 11) is 0. The number of hydrogen-bond donors (Lipinski definition) is 0. The van der Waals surface area contributed by atoms with Crippen molar-refractivity contribution in [3.05, 3.63) is 34.5 Å². The highest BCUT2D eigenvalue weighted by Crippen LogP contribution is 2.21. The van der Waals surface area contributed by atoms with Crippen molar-refractivity contribution in [1.82, 2.24) is 0 Å². The van der Waals surface area contributed by atoms with Crippen molar-refractivity contribution in [1.29, 1.82) is 0 Å². The number of rotatable bonds is 2. The molecule has 1 heteroatoms. The summed E-state index contributed by atoms with van der Waals surface area (Å²) in [5, 5.41) is 2.20. The molecular weight excluding hydrogens is 140 g/mol. The summed E-state index contributed by atoms with van der Waals surface area (Å²) in [5.74, 6) is 0.505. The van der Waals surface area contributed by atoms with Crippen molar-refractivity contribution in [3.63, 3.8) is 0 Å². The van der Waals surface area contributed by atoms with Crippen molar-refractivity contribution in [2.75, 3.05) is 0 Å². The highest BCUT2D eigenvalue weighted by Gasteiger charge is 2.00. The molecule has 56 valence electrons. The fourth-order valence-electron chi connectivity index (χ4n) is 0.839. The number of allylic oxidation sites excluding steroid dienone is 1. The van der Waals surface area contributed by atoms with E-state index in [1.165, 1.54) is 10.4 Å². The monoisotopic (exact) mass is 154 g/mol. The normalized spacial score (nSPS) is 13.0. The molecule has 0 amide bonds. The maximum atomic E-state index is 3.75. The summed E-state index contributed by atoms with van der Waals surface area (Å²) < 4.78 is 0. The first-order valence-electron chi connectivity index (χ1n) is 3.41. The van der Waals surface area contributed by atoms with Gasteiger partial charge in [-0.25, -0.2) is 0 Å². The fourth-order valence-corrected chi connectivity index (χ4v) is 1.65. The summed E-state index contributed by atoms with van der Waals surface area (Å²) in [5.41, 5.74) is 1.39. The Bertz CT molecular complexity index is 227. The SMILES string of the molecule is C=CC(C)c1csc(C)c1.[HH]. The maximum Gasteiger partial charge on any atom is 0.00172 e. The molecule has 0 aliphatic rings. The molecule has 0 fully saturated rings. The number of aryl methyl sites for hydroxylation is 1. The van der Waals surface area contributed by atoms with Crippen LogP contribution in [0.25, 0.3) is 0 Å². The molecule has 1 rings (SSSR count). The lowest BCUT2D eigenvalue weighted by Crippen LogP contribution is -1.82. The molecule has 0 spiro atoms. The van der Waals surface area contributed by atoms with Crippen LogP contribution in [0.5, 0.6) is 0 Å². The standard InChI is InChI=1S/C9H12S.H2/c1-4-7(2)9-5-8(3)10-6-9;/h4-7H,1H2,2-3H3;1H. The molecule has 0 saturated heterocycles. The van der Waals surface area contributed by atoms with E-state index in [0.29, 0.717) is 5.92 Å². The molecule has 1 atom stereocenters. The van der Waals surface area contributed by atoms with Gasteiger partial charge >= 0.3 is 0 Å². The molecule has 1 heterocycles. The van der Waals surface area contributed by atoms with Gasteiger partial charge in [0.2, 0.25) is 0 Å². The van der Waals surface area contributed by atoms with Gasteiger partial charge in [-0.15, -0.1) is 17.9 Å². The quantitative estimate of drug-likeness (QED) is 0.571. The molecule has 0 saturated carbocycles. The lowest BCUT2D eigenvalue weighted by molar-refractivity contribution is 0.978. The van der Waals surface area contributed by atoms with Gasteiger partial charge in [0.1, 0.15) is 0 Å². The van der Waals surface area contributed by atoms with Gasteiger partial charge < -0.3 is 0 Å². The van der Waals surface area contributed by atoms with Crippen LogP contribution in [0.15, 0.2) is 24.1 Å². The summed E-state index contributed by atoms with van der Waals surface area (Å²) >= 11 is 1.80. The Morgan fingerprint density at radius 3 is 2.90 bits per heavy atom. The molecule has 0 N–H and O–H groups in total. The predicted molar refractivity (Wildman–Crippen MR) is 49.8 cm³/mol. The zero-order chi connectivity index (χ0) is 7.56. The summed E-state index contributed by atoms with van der Waals surface area (Å²) in [6, 6.07) is 2.22. The first-order valence-corrected chi connectivity index (χ1v) is 4.29. The lowest BCUT2D eigenvalue weighted by atomic mass is 10.1. The van der Waals surface area contributed by atoms with Crippen LogP contribution in [-0.2, 0) is 0 Å². The zero-order valence-electron chi connectivity index (χ0n) is 6.42. The minimum Gasteiger partial charge on any atom is -0.149 e. The van der Waals surface area contributed by atoms with Crippen molar-refractivity contribution in [2.24, 2.45) is 0 Å². The van der Waals surface area contributed by atoms with Crippen LogP contribution in [0.1, 0.15) is 24.7 Å². The van der Waals surface area contributed by atoms with Crippen LogP contribution in [0.4, 0.5) is 0 Å². The van der Waals surface area contributed by atoms with Crippen molar-refractivity contribution in [2.45, 2.75) is 19.8 Å². The fraction of sp³-hybridized carbons (Fsp3) is 0.333. The molecular formula is C9H14S. The van der Waals surface area contributed by atoms with Crippen LogP contribution in [0, 0.1) is 6.92 Å². The molecule has 0 aromatic carbocycles. The Morgan fingerprint density at radius 2 is 2.50 bits per heavy atom. The van der Waals surface area contributed by atoms with Crippen molar-refractivity contribution < 1.29 is 1.43 Å². The highest BCUT2D eigenvalue weighted by atomic mass is 32.1. The van der Waals surface area contributed by atoms with Crippen LogP contribution < -0.4 is 0 Å². The van der Waals surface area contributed by atoms with Gasteiger partial charge in [0.25, 0.3) is 0 Å². The molecule has 1 unspecified atom stereocenters. The first-order chi connectivity index (χ1) is 4.74. The van der Waals surface area contributed by atoms with Crippen LogP contribution in [-0.4, -0.2) is 0 Å². The second kappa shape index (κ2) is 3.02. The van der Waals surface area contributed by atoms with E-state index in [1.807, 2.05) is 6.08 Å². The Morgan fingerprint density at radius 1 is 1.80 bits per heavy atom. The molecule has 1 aromatic rings. The third-order valence-electron chi connectivity index (χ3n) is 1.63. The van der Waals surface area contributed by atoms with Gasteiger partial charge in [0, 0.05) is 6.30 Å². The zero-order valence-corrected chi connectivity index (χ0v) is 7.24. The second-order valence-corrected chi connectivity index (χ2v) is 3.63. The molecule has 0 aliphatic heterocycles. The molecule has 0 aliphatic carbocycles. The average Bonchev–Trinajstić information content (AvgIpc) is 2.34. The molecule has 0 radical (unpaired) electrons. The summed E-state index contributed by atoms with van der Waals surface area (Å²) in [4.78, 5) is 1.38. The Kier molecular flexibility index (Phi) is 2.28. The minimum absolute atomic E-state index is 0. The van der Waals surface area contributed by atoms with Gasteiger partial charge in [0.15, 0.2) is 0 Å². The lowest BCUT2D eigenvalue weighted by Gasteiger charge is -1.99. The first kappa shape index (κ1) is 7.55. The maximum absolute atomic E-state index is 3.75. The van der Waals surface area contributed by atoms with Gasteiger partial charge in [-0.3, -0.25) is 0 Å². The molecule has 0 bridgehead atoms. The third-order valence-corrected chi connectivity index (χ3v) is 2.51. The van der Waals surface area contributed by atoms with Gasteiger partial charge in [-0.1, -0.05) is 13.0 Å². The number of hydrogen-bond acceptors (Lipinski definition) is 1. The largest absolute Gasteiger partial charge is 0.149 e. The average molecular weight is 154 g/mol. The Balaban J connectivity index is 0.000001000. The van der Waals surface area contributed by atoms with Crippen molar-refractivity contribution in [3.8, 4) is 0 Å². The summed E-state index contributed by atoms with van der Waals surface area (Å²) in [6.45, 7) is 8.04. The molecule has 1 aromatic heterocycles. The summed E-state index contributed by atoms with van der Waals surface area (Å²) in [6.07, 6.45) is 1.97. The topological polar surface area (TPSA) is 0 Å². The molecule has 10 heavy (non-hydrogen) atoms. The van der Waals surface area contributed by atoms with E-state index in [0.717, 1.165) is 0 Å².